The van der Waals surface area contributed by atoms with Crippen molar-refractivity contribution in [3.05, 3.63) is 45.5 Å². The SMILES string of the molecule is COc1ccc(C(=O)CSc2nc(=O)n(C3CCS(=O)(=O)C3)c3c2CCC3)cc1OC. The number of rotatable bonds is 7. The minimum absolute atomic E-state index is 0.00863. The molecule has 8 nitrogen and oxygen atoms in total. The highest BCUT2D eigenvalue weighted by Crippen LogP contribution is 2.34. The molecule has 2 heterocycles. The van der Waals surface area contributed by atoms with Gasteiger partial charge in [-0.1, -0.05) is 11.8 Å². The lowest BCUT2D eigenvalue weighted by atomic mass is 10.1. The van der Waals surface area contributed by atoms with Crippen LogP contribution in [0.5, 0.6) is 11.5 Å². The highest BCUT2D eigenvalue weighted by Gasteiger charge is 2.33. The molecule has 1 fully saturated rings. The second-order valence-corrected chi connectivity index (χ2v) is 10.9. The maximum absolute atomic E-state index is 12.8. The van der Waals surface area contributed by atoms with Gasteiger partial charge in [-0.15, -0.1) is 0 Å². The van der Waals surface area contributed by atoms with E-state index in [1.807, 2.05) is 0 Å². The number of hydrogen-bond acceptors (Lipinski definition) is 8. The minimum atomic E-state index is -3.11. The molecule has 31 heavy (non-hydrogen) atoms. The lowest BCUT2D eigenvalue weighted by Gasteiger charge is -2.18. The number of thioether (sulfide) groups is 1. The molecule has 2 aromatic rings. The van der Waals surface area contributed by atoms with Crippen LogP contribution in [-0.4, -0.2) is 55.2 Å². The number of carbonyl (C=O) groups is 1. The molecular formula is C21H24N2O6S2. The quantitative estimate of drug-likeness (QED) is 0.349. The maximum atomic E-state index is 12.8. The zero-order valence-electron chi connectivity index (χ0n) is 17.4. The van der Waals surface area contributed by atoms with E-state index in [1.54, 1.807) is 22.8 Å². The Kier molecular flexibility index (Phi) is 6.11. The molecule has 1 aliphatic carbocycles. The molecular weight excluding hydrogens is 440 g/mol. The van der Waals surface area contributed by atoms with Gasteiger partial charge in [-0.05, 0) is 43.9 Å². The van der Waals surface area contributed by atoms with Crippen LogP contribution in [0, 0.1) is 0 Å². The van der Waals surface area contributed by atoms with Gasteiger partial charge < -0.3 is 9.47 Å². The fraction of sp³-hybridized carbons (Fsp3) is 0.476. The van der Waals surface area contributed by atoms with Crippen molar-refractivity contribution >= 4 is 27.4 Å². The number of nitrogens with zero attached hydrogens (tertiary/aromatic N) is 2. The molecule has 2 aliphatic rings. The first-order valence-corrected chi connectivity index (χ1v) is 12.9. The van der Waals surface area contributed by atoms with Crippen molar-refractivity contribution in [3.8, 4) is 11.5 Å². The lowest BCUT2D eigenvalue weighted by molar-refractivity contribution is 0.102. The number of sulfone groups is 1. The summed E-state index contributed by atoms with van der Waals surface area (Å²) in [5.74, 6) is 1.15. The number of carbonyl (C=O) groups excluding carboxylic acids is 1. The van der Waals surface area contributed by atoms with Gasteiger partial charge in [0.25, 0.3) is 0 Å². The second kappa shape index (κ2) is 8.66. The molecule has 0 N–H and O–H groups in total. The van der Waals surface area contributed by atoms with E-state index in [4.69, 9.17) is 9.47 Å². The van der Waals surface area contributed by atoms with Gasteiger partial charge in [0.15, 0.2) is 27.1 Å². The van der Waals surface area contributed by atoms with Gasteiger partial charge >= 0.3 is 5.69 Å². The molecule has 0 bridgehead atoms. The number of hydrogen-bond donors (Lipinski definition) is 0. The number of ketones is 1. The largest absolute Gasteiger partial charge is 0.493 e. The first kappa shape index (κ1) is 21.9. The van der Waals surface area contributed by atoms with Crippen molar-refractivity contribution in [2.24, 2.45) is 0 Å². The van der Waals surface area contributed by atoms with Gasteiger partial charge in [0.05, 0.1) is 37.5 Å². The van der Waals surface area contributed by atoms with Crippen LogP contribution in [0.2, 0.25) is 0 Å². The van der Waals surface area contributed by atoms with E-state index in [2.05, 4.69) is 4.98 Å². The predicted molar refractivity (Wildman–Crippen MR) is 117 cm³/mol. The van der Waals surface area contributed by atoms with Gasteiger partial charge in [-0.3, -0.25) is 9.36 Å². The van der Waals surface area contributed by atoms with Crippen molar-refractivity contribution < 1.29 is 22.7 Å². The number of methoxy groups -OCH3 is 2. The van der Waals surface area contributed by atoms with E-state index in [9.17, 15) is 18.0 Å². The highest BCUT2D eigenvalue weighted by atomic mass is 32.2. The van der Waals surface area contributed by atoms with Crippen molar-refractivity contribution in [1.29, 1.82) is 0 Å². The van der Waals surface area contributed by atoms with Crippen LogP contribution in [0.15, 0.2) is 28.0 Å². The topological polar surface area (TPSA) is 105 Å². The van der Waals surface area contributed by atoms with Gasteiger partial charge in [-0.2, -0.15) is 4.98 Å². The molecule has 0 spiro atoms. The first-order valence-electron chi connectivity index (χ1n) is 10.1. The fourth-order valence-corrected chi connectivity index (χ4v) is 6.92. The summed E-state index contributed by atoms with van der Waals surface area (Å²) in [7, 11) is -0.0625. The van der Waals surface area contributed by atoms with Gasteiger partial charge in [0, 0.05) is 16.8 Å². The van der Waals surface area contributed by atoms with Crippen molar-refractivity contribution in [2.45, 2.75) is 36.8 Å². The standard InChI is InChI=1S/C21H24N2O6S2/c1-28-18-7-6-13(10-19(18)29-2)17(24)11-30-20-15-4-3-5-16(15)23(21(25)22-20)14-8-9-31(26,27)12-14/h6-7,10,14H,3-5,8-9,11-12H2,1-2H3. The van der Waals surface area contributed by atoms with E-state index in [0.29, 0.717) is 28.5 Å². The lowest BCUT2D eigenvalue weighted by Crippen LogP contribution is -2.31. The van der Waals surface area contributed by atoms with Gasteiger partial charge in [0.2, 0.25) is 0 Å². The third-order valence-electron chi connectivity index (χ3n) is 5.76. The molecule has 4 rings (SSSR count). The summed E-state index contributed by atoms with van der Waals surface area (Å²) in [6.07, 6.45) is 2.83. The van der Waals surface area contributed by atoms with Crippen molar-refractivity contribution in [2.75, 3.05) is 31.5 Å². The molecule has 1 aromatic heterocycles. The van der Waals surface area contributed by atoms with Crippen LogP contribution < -0.4 is 15.2 Å². The third kappa shape index (κ3) is 4.36. The number of Topliss-reactive ketones (excluding diaryl/α,β-unsaturated/α-hetero) is 1. The monoisotopic (exact) mass is 464 g/mol. The predicted octanol–water partition coefficient (Wildman–Crippen LogP) is 2.08. The minimum Gasteiger partial charge on any atom is -0.493 e. The Labute approximate surface area is 184 Å². The Morgan fingerprint density at radius 3 is 2.68 bits per heavy atom. The van der Waals surface area contributed by atoms with Gasteiger partial charge in [0.1, 0.15) is 5.03 Å². The molecule has 1 aromatic carbocycles. The molecule has 1 saturated heterocycles. The zero-order valence-corrected chi connectivity index (χ0v) is 19.1. The molecule has 166 valence electrons. The van der Waals surface area contributed by atoms with Crippen molar-refractivity contribution in [3.63, 3.8) is 0 Å². The van der Waals surface area contributed by atoms with Crippen LogP contribution >= 0.6 is 11.8 Å². The summed E-state index contributed by atoms with van der Waals surface area (Å²) >= 11 is 1.25. The molecule has 0 radical (unpaired) electrons. The summed E-state index contributed by atoms with van der Waals surface area (Å²) in [5.41, 5.74) is 1.91. The van der Waals surface area contributed by atoms with Gasteiger partial charge in [-0.25, -0.2) is 13.2 Å². The number of fused-ring (bicyclic) bond motifs is 1. The molecule has 0 saturated carbocycles. The molecule has 0 amide bonds. The fourth-order valence-electron chi connectivity index (χ4n) is 4.25. The smallest absolute Gasteiger partial charge is 0.349 e. The maximum Gasteiger partial charge on any atom is 0.349 e. The Hall–Kier alpha value is -2.33. The van der Waals surface area contributed by atoms with E-state index < -0.39 is 15.5 Å². The Morgan fingerprint density at radius 1 is 1.23 bits per heavy atom. The molecule has 1 unspecified atom stereocenters. The summed E-state index contributed by atoms with van der Waals surface area (Å²) < 4.78 is 35.8. The van der Waals surface area contributed by atoms with Crippen LogP contribution in [0.3, 0.4) is 0 Å². The number of benzene rings is 1. The van der Waals surface area contributed by atoms with Crippen LogP contribution in [0.1, 0.15) is 40.5 Å². The van der Waals surface area contributed by atoms with Crippen LogP contribution in [0.25, 0.3) is 0 Å². The van der Waals surface area contributed by atoms with E-state index in [0.717, 1.165) is 30.5 Å². The second-order valence-electron chi connectivity index (χ2n) is 7.69. The average Bonchev–Trinajstić information content (AvgIpc) is 3.37. The molecule has 1 atom stereocenters. The summed E-state index contributed by atoms with van der Waals surface area (Å²) in [4.78, 5) is 29.8. The van der Waals surface area contributed by atoms with Crippen LogP contribution in [0.4, 0.5) is 0 Å². The van der Waals surface area contributed by atoms with Crippen LogP contribution in [-0.2, 0) is 22.7 Å². The summed E-state index contributed by atoms with van der Waals surface area (Å²) in [5, 5.41) is 0.573. The van der Waals surface area contributed by atoms with Crippen molar-refractivity contribution in [1.82, 2.24) is 9.55 Å². The zero-order chi connectivity index (χ0) is 22.2. The van der Waals surface area contributed by atoms with E-state index in [1.165, 1.54) is 26.0 Å². The third-order valence-corrected chi connectivity index (χ3v) is 8.53. The summed E-state index contributed by atoms with van der Waals surface area (Å²) in [6, 6.07) is 4.66. The van der Waals surface area contributed by atoms with E-state index in [-0.39, 0.29) is 29.1 Å². The first-order chi connectivity index (χ1) is 14.8. The Balaban J connectivity index is 1.56. The highest BCUT2D eigenvalue weighted by molar-refractivity contribution is 8.00. The Morgan fingerprint density at radius 2 is 2.00 bits per heavy atom. The molecule has 10 heteroatoms. The Bertz CT molecular complexity index is 1190. The number of aromatic nitrogens is 2. The van der Waals surface area contributed by atoms with E-state index >= 15 is 0 Å². The average molecular weight is 465 g/mol. The normalized spacial score (nSPS) is 19.2. The molecule has 1 aliphatic heterocycles. The number of ether oxygens (including phenoxy) is 2. The summed E-state index contributed by atoms with van der Waals surface area (Å²) in [6.45, 7) is 0.